The number of carbonyl (C=O) groups excluding carboxylic acids is 1. The van der Waals surface area contributed by atoms with Crippen LogP contribution in [-0.4, -0.2) is 26.7 Å². The SMILES string of the molecule is CCc1nnc(-c2c(C)c(C(=O)c3cccc(Br)c3)c(C)n2CC(F)(F)F)o1. The summed E-state index contributed by atoms with van der Waals surface area (Å²) in [6, 6.07) is 6.71. The van der Waals surface area contributed by atoms with Gasteiger partial charge in [-0.1, -0.05) is 35.0 Å². The molecule has 0 N–H and O–H groups in total. The van der Waals surface area contributed by atoms with Crippen LogP contribution in [0.3, 0.4) is 0 Å². The number of benzene rings is 1. The zero-order chi connectivity index (χ0) is 20.6. The molecule has 2 aromatic heterocycles. The summed E-state index contributed by atoms with van der Waals surface area (Å²) >= 11 is 3.31. The standard InChI is InChI=1S/C19H17BrF3N3O2/c1-4-14-24-25-18(28-14)16-10(2)15(11(3)26(16)9-19(21,22)23)17(27)12-6-5-7-13(20)8-12/h5-8H,4,9H2,1-3H3. The van der Waals surface area contributed by atoms with E-state index in [1.54, 1.807) is 38.1 Å². The molecule has 1 aromatic carbocycles. The highest BCUT2D eigenvalue weighted by atomic mass is 79.9. The molecule has 0 spiro atoms. The van der Waals surface area contributed by atoms with E-state index in [2.05, 4.69) is 26.1 Å². The summed E-state index contributed by atoms with van der Waals surface area (Å²) in [5, 5.41) is 7.73. The van der Waals surface area contributed by atoms with Gasteiger partial charge in [-0.05, 0) is 31.5 Å². The van der Waals surface area contributed by atoms with Crippen LogP contribution in [0.4, 0.5) is 13.2 Å². The summed E-state index contributed by atoms with van der Waals surface area (Å²) in [7, 11) is 0. The number of hydrogen-bond donors (Lipinski definition) is 0. The van der Waals surface area contributed by atoms with E-state index >= 15 is 0 Å². The quantitative estimate of drug-likeness (QED) is 0.491. The topological polar surface area (TPSA) is 60.9 Å². The molecule has 3 rings (SSSR count). The van der Waals surface area contributed by atoms with Crippen molar-refractivity contribution in [2.45, 2.75) is 39.9 Å². The number of aromatic nitrogens is 3. The van der Waals surface area contributed by atoms with E-state index in [9.17, 15) is 18.0 Å². The fraction of sp³-hybridized carbons (Fsp3) is 0.316. The molecular weight excluding hydrogens is 439 g/mol. The van der Waals surface area contributed by atoms with Crippen molar-refractivity contribution < 1.29 is 22.4 Å². The van der Waals surface area contributed by atoms with Crippen molar-refractivity contribution >= 4 is 21.7 Å². The lowest BCUT2D eigenvalue weighted by molar-refractivity contribution is -0.140. The molecule has 0 saturated carbocycles. The number of aryl methyl sites for hydroxylation is 1. The average Bonchev–Trinajstić information content (AvgIpc) is 3.16. The van der Waals surface area contributed by atoms with E-state index in [4.69, 9.17) is 4.42 Å². The molecule has 0 bridgehead atoms. The van der Waals surface area contributed by atoms with E-state index in [-0.39, 0.29) is 28.6 Å². The van der Waals surface area contributed by atoms with Crippen molar-refractivity contribution in [3.05, 3.63) is 57.0 Å². The Labute approximate surface area is 167 Å². The molecule has 0 atom stereocenters. The van der Waals surface area contributed by atoms with Crippen molar-refractivity contribution in [2.75, 3.05) is 0 Å². The maximum atomic E-state index is 13.2. The van der Waals surface area contributed by atoms with Crippen LogP contribution in [0.15, 0.2) is 33.2 Å². The van der Waals surface area contributed by atoms with Gasteiger partial charge in [-0.25, -0.2) is 0 Å². The van der Waals surface area contributed by atoms with Crippen LogP contribution in [0.1, 0.15) is 40.0 Å². The lowest BCUT2D eigenvalue weighted by Crippen LogP contribution is -2.19. The number of rotatable bonds is 5. The smallest absolute Gasteiger partial charge is 0.406 e. The van der Waals surface area contributed by atoms with E-state index < -0.39 is 12.7 Å². The minimum atomic E-state index is -4.48. The number of alkyl halides is 3. The molecule has 0 saturated heterocycles. The Balaban J connectivity index is 2.21. The first-order valence-corrected chi connectivity index (χ1v) is 9.31. The number of hydrogen-bond acceptors (Lipinski definition) is 4. The summed E-state index contributed by atoms with van der Waals surface area (Å²) in [6.07, 6.45) is -4.02. The first-order valence-electron chi connectivity index (χ1n) is 8.51. The molecule has 0 amide bonds. The summed E-state index contributed by atoms with van der Waals surface area (Å²) in [4.78, 5) is 13.1. The summed E-state index contributed by atoms with van der Waals surface area (Å²) in [6.45, 7) is 3.62. The first kappa shape index (κ1) is 20.3. The predicted molar refractivity (Wildman–Crippen MR) is 100 cm³/mol. The monoisotopic (exact) mass is 455 g/mol. The minimum absolute atomic E-state index is 0.0324. The molecule has 0 aliphatic rings. The van der Waals surface area contributed by atoms with Gasteiger partial charge in [-0.3, -0.25) is 4.79 Å². The second kappa shape index (κ2) is 7.54. The number of carbonyl (C=O) groups is 1. The predicted octanol–water partition coefficient (Wildman–Crippen LogP) is 5.27. The molecule has 148 valence electrons. The van der Waals surface area contributed by atoms with Crippen LogP contribution in [0, 0.1) is 13.8 Å². The van der Waals surface area contributed by atoms with Gasteiger partial charge in [0.05, 0.1) is 0 Å². The van der Waals surface area contributed by atoms with Crippen molar-refractivity contribution in [2.24, 2.45) is 0 Å². The Morgan fingerprint density at radius 3 is 2.54 bits per heavy atom. The van der Waals surface area contributed by atoms with Gasteiger partial charge in [-0.2, -0.15) is 13.2 Å². The van der Waals surface area contributed by atoms with Crippen LogP contribution in [-0.2, 0) is 13.0 Å². The average molecular weight is 456 g/mol. The maximum absolute atomic E-state index is 13.2. The van der Waals surface area contributed by atoms with Crippen molar-refractivity contribution in [1.29, 1.82) is 0 Å². The Morgan fingerprint density at radius 2 is 1.96 bits per heavy atom. The minimum Gasteiger partial charge on any atom is -0.419 e. The molecule has 0 radical (unpaired) electrons. The van der Waals surface area contributed by atoms with Crippen molar-refractivity contribution in [3.63, 3.8) is 0 Å². The van der Waals surface area contributed by atoms with Crippen molar-refractivity contribution in [1.82, 2.24) is 14.8 Å². The lowest BCUT2D eigenvalue weighted by atomic mass is 10.00. The highest BCUT2D eigenvalue weighted by Crippen LogP contribution is 2.34. The third kappa shape index (κ3) is 3.89. The van der Waals surface area contributed by atoms with Crippen LogP contribution >= 0.6 is 15.9 Å². The van der Waals surface area contributed by atoms with Gasteiger partial charge in [0.1, 0.15) is 12.2 Å². The van der Waals surface area contributed by atoms with Gasteiger partial charge < -0.3 is 8.98 Å². The van der Waals surface area contributed by atoms with Crippen molar-refractivity contribution in [3.8, 4) is 11.6 Å². The number of halogens is 4. The molecule has 0 aliphatic heterocycles. The molecule has 2 heterocycles. The number of nitrogens with zero attached hydrogens (tertiary/aromatic N) is 3. The van der Waals surface area contributed by atoms with Gasteiger partial charge in [0, 0.05) is 27.7 Å². The molecule has 0 aliphatic carbocycles. The molecule has 0 unspecified atom stereocenters. The highest BCUT2D eigenvalue weighted by molar-refractivity contribution is 9.10. The lowest BCUT2D eigenvalue weighted by Gasteiger charge is -2.12. The molecule has 3 aromatic rings. The second-order valence-corrected chi connectivity index (χ2v) is 7.24. The third-order valence-electron chi connectivity index (χ3n) is 4.39. The normalized spacial score (nSPS) is 11.8. The molecular formula is C19H17BrF3N3O2. The van der Waals surface area contributed by atoms with Crippen LogP contribution in [0.2, 0.25) is 0 Å². The zero-order valence-electron chi connectivity index (χ0n) is 15.4. The Morgan fingerprint density at radius 1 is 1.25 bits per heavy atom. The summed E-state index contributed by atoms with van der Waals surface area (Å²) in [5.41, 5.74) is 1.26. The molecule has 0 fully saturated rings. The van der Waals surface area contributed by atoms with E-state index in [1.807, 2.05) is 0 Å². The van der Waals surface area contributed by atoms with E-state index in [0.29, 0.717) is 27.9 Å². The van der Waals surface area contributed by atoms with Crippen LogP contribution in [0.25, 0.3) is 11.6 Å². The Bertz CT molecular complexity index is 1040. The maximum Gasteiger partial charge on any atom is 0.406 e. The summed E-state index contributed by atoms with van der Waals surface area (Å²) < 4.78 is 46.9. The Hall–Kier alpha value is -2.42. The van der Waals surface area contributed by atoms with Crippen LogP contribution in [0.5, 0.6) is 0 Å². The Kier molecular flexibility index (Phi) is 5.47. The largest absolute Gasteiger partial charge is 0.419 e. The van der Waals surface area contributed by atoms with E-state index in [1.165, 1.54) is 6.92 Å². The number of ketones is 1. The highest BCUT2D eigenvalue weighted by Gasteiger charge is 2.34. The van der Waals surface area contributed by atoms with Gasteiger partial charge in [0.25, 0.3) is 5.89 Å². The molecule has 9 heteroatoms. The molecule has 28 heavy (non-hydrogen) atoms. The van der Waals surface area contributed by atoms with Gasteiger partial charge in [0.15, 0.2) is 5.78 Å². The third-order valence-corrected chi connectivity index (χ3v) is 4.88. The van der Waals surface area contributed by atoms with Gasteiger partial charge >= 0.3 is 6.18 Å². The van der Waals surface area contributed by atoms with E-state index in [0.717, 1.165) is 4.57 Å². The fourth-order valence-corrected chi connectivity index (χ4v) is 3.55. The van der Waals surface area contributed by atoms with Crippen LogP contribution < -0.4 is 0 Å². The fourth-order valence-electron chi connectivity index (χ4n) is 3.15. The first-order chi connectivity index (χ1) is 13.1. The summed E-state index contributed by atoms with van der Waals surface area (Å²) in [5.74, 6) is -0.0876. The van der Waals surface area contributed by atoms with Gasteiger partial charge in [0.2, 0.25) is 5.89 Å². The van der Waals surface area contributed by atoms with Gasteiger partial charge in [-0.15, -0.1) is 10.2 Å². The molecule has 5 nitrogen and oxygen atoms in total. The zero-order valence-corrected chi connectivity index (χ0v) is 17.0. The second-order valence-electron chi connectivity index (χ2n) is 6.33.